The zero-order valence-corrected chi connectivity index (χ0v) is 17.9. The van der Waals surface area contributed by atoms with Crippen LogP contribution in [0.3, 0.4) is 0 Å². The van der Waals surface area contributed by atoms with Crippen molar-refractivity contribution in [2.24, 2.45) is 0 Å². The Kier molecular flexibility index (Phi) is 6.91. The van der Waals surface area contributed by atoms with E-state index in [1.54, 1.807) is 5.38 Å². The Hall–Kier alpha value is -3.23. The van der Waals surface area contributed by atoms with Gasteiger partial charge in [0, 0.05) is 29.8 Å². The summed E-state index contributed by atoms with van der Waals surface area (Å²) in [5.41, 5.74) is 3.43. The second kappa shape index (κ2) is 10.2. The van der Waals surface area contributed by atoms with Gasteiger partial charge < -0.3 is 20.3 Å². The zero-order valence-electron chi connectivity index (χ0n) is 17.0. The number of anilines is 3. The van der Waals surface area contributed by atoms with Crippen LogP contribution in [-0.2, 0) is 27.2 Å². The van der Waals surface area contributed by atoms with Crippen molar-refractivity contribution in [2.75, 3.05) is 41.8 Å². The van der Waals surface area contributed by atoms with Crippen molar-refractivity contribution in [1.29, 1.82) is 0 Å². The van der Waals surface area contributed by atoms with Gasteiger partial charge in [0.15, 0.2) is 5.13 Å². The molecule has 1 aromatic heterocycles. The Morgan fingerprint density at radius 2 is 1.65 bits per heavy atom. The van der Waals surface area contributed by atoms with Gasteiger partial charge in [0.2, 0.25) is 11.8 Å². The molecule has 0 saturated carbocycles. The molecule has 0 radical (unpaired) electrons. The first-order valence-corrected chi connectivity index (χ1v) is 11.0. The molecule has 0 aliphatic carbocycles. The Morgan fingerprint density at radius 1 is 0.935 bits per heavy atom. The third-order valence-corrected chi connectivity index (χ3v) is 5.68. The van der Waals surface area contributed by atoms with Crippen molar-refractivity contribution in [3.05, 3.63) is 71.2 Å². The number of hydrogen-bond donors (Lipinski definition) is 2. The molecule has 2 heterocycles. The standard InChI is InChI=1S/C23H24N4O3S/c28-21(14-17-4-2-1-3-5-17)26-23-25-19(16-31-23)15-22(29)24-18-6-8-20(9-7-18)27-10-12-30-13-11-27/h1-9,16H,10-15H2,(H,24,29)(H,25,26,28). The minimum absolute atomic E-state index is 0.128. The number of nitrogens with one attached hydrogen (secondary N) is 2. The lowest BCUT2D eigenvalue weighted by Crippen LogP contribution is -2.36. The van der Waals surface area contributed by atoms with E-state index in [0.717, 1.165) is 43.2 Å². The van der Waals surface area contributed by atoms with Gasteiger partial charge in [-0.25, -0.2) is 4.98 Å². The number of hydrogen-bond acceptors (Lipinski definition) is 6. The lowest BCUT2D eigenvalue weighted by Gasteiger charge is -2.28. The molecule has 31 heavy (non-hydrogen) atoms. The van der Waals surface area contributed by atoms with Gasteiger partial charge >= 0.3 is 0 Å². The Labute approximate surface area is 185 Å². The molecule has 1 aliphatic heterocycles. The number of ether oxygens (including phenoxy) is 1. The number of rotatable bonds is 7. The van der Waals surface area contributed by atoms with Crippen LogP contribution in [0.4, 0.5) is 16.5 Å². The van der Waals surface area contributed by atoms with E-state index < -0.39 is 0 Å². The Morgan fingerprint density at radius 3 is 2.39 bits per heavy atom. The number of thiazole rings is 1. The summed E-state index contributed by atoms with van der Waals surface area (Å²) >= 11 is 1.32. The third kappa shape index (κ3) is 6.13. The smallest absolute Gasteiger partial charge is 0.230 e. The van der Waals surface area contributed by atoms with Crippen LogP contribution in [0.1, 0.15) is 11.3 Å². The van der Waals surface area contributed by atoms with Gasteiger partial charge in [0.25, 0.3) is 0 Å². The fourth-order valence-electron chi connectivity index (χ4n) is 3.34. The average Bonchev–Trinajstić information content (AvgIpc) is 3.21. The predicted molar refractivity (Wildman–Crippen MR) is 123 cm³/mol. The highest BCUT2D eigenvalue weighted by Gasteiger charge is 2.13. The molecule has 7 nitrogen and oxygen atoms in total. The number of morpholine rings is 1. The van der Waals surface area contributed by atoms with Crippen LogP contribution in [-0.4, -0.2) is 43.1 Å². The van der Waals surface area contributed by atoms with Gasteiger partial charge in [-0.2, -0.15) is 0 Å². The second-order valence-electron chi connectivity index (χ2n) is 7.23. The number of benzene rings is 2. The first-order chi connectivity index (χ1) is 15.2. The Balaban J connectivity index is 1.26. The van der Waals surface area contributed by atoms with E-state index in [9.17, 15) is 9.59 Å². The maximum absolute atomic E-state index is 12.4. The molecule has 2 aromatic carbocycles. The molecule has 1 aliphatic rings. The van der Waals surface area contributed by atoms with Crippen molar-refractivity contribution in [1.82, 2.24) is 4.98 Å². The number of carbonyl (C=O) groups excluding carboxylic acids is 2. The average molecular weight is 437 g/mol. The number of nitrogens with zero attached hydrogens (tertiary/aromatic N) is 2. The van der Waals surface area contributed by atoms with Crippen LogP contribution >= 0.6 is 11.3 Å². The molecule has 0 spiro atoms. The number of aromatic nitrogens is 1. The summed E-state index contributed by atoms with van der Waals surface area (Å²) in [4.78, 5) is 31.2. The second-order valence-corrected chi connectivity index (χ2v) is 8.08. The summed E-state index contributed by atoms with van der Waals surface area (Å²) in [6.07, 6.45) is 0.437. The molecule has 2 N–H and O–H groups in total. The quantitative estimate of drug-likeness (QED) is 0.594. The summed E-state index contributed by atoms with van der Waals surface area (Å²) in [7, 11) is 0. The number of carbonyl (C=O) groups is 2. The van der Waals surface area contributed by atoms with E-state index in [1.807, 2.05) is 54.6 Å². The van der Waals surface area contributed by atoms with Gasteiger partial charge in [-0.15, -0.1) is 11.3 Å². The van der Waals surface area contributed by atoms with Crippen LogP contribution in [0, 0.1) is 0 Å². The van der Waals surface area contributed by atoms with Crippen LogP contribution in [0.2, 0.25) is 0 Å². The predicted octanol–water partition coefficient (Wildman–Crippen LogP) is 3.34. The Bertz CT molecular complexity index is 1010. The van der Waals surface area contributed by atoms with Gasteiger partial charge in [-0.1, -0.05) is 30.3 Å². The maximum atomic E-state index is 12.4. The largest absolute Gasteiger partial charge is 0.378 e. The molecule has 8 heteroatoms. The first kappa shape index (κ1) is 21.0. The highest BCUT2D eigenvalue weighted by atomic mass is 32.1. The highest BCUT2D eigenvalue weighted by Crippen LogP contribution is 2.20. The SMILES string of the molecule is O=C(Cc1csc(NC(=O)Cc2ccccc2)n1)Nc1ccc(N2CCOCC2)cc1. The molecule has 2 amide bonds. The molecular formula is C23H24N4O3S. The van der Waals surface area contributed by atoms with E-state index in [0.29, 0.717) is 10.8 Å². The van der Waals surface area contributed by atoms with Crippen LogP contribution in [0.25, 0.3) is 0 Å². The van der Waals surface area contributed by atoms with Gasteiger partial charge in [0.1, 0.15) is 0 Å². The van der Waals surface area contributed by atoms with Crippen molar-refractivity contribution >= 4 is 39.7 Å². The van der Waals surface area contributed by atoms with Crippen molar-refractivity contribution in [3.63, 3.8) is 0 Å². The molecule has 160 valence electrons. The van der Waals surface area contributed by atoms with Gasteiger partial charge in [0.05, 0.1) is 31.7 Å². The third-order valence-electron chi connectivity index (χ3n) is 4.87. The normalized spacial score (nSPS) is 13.6. The first-order valence-electron chi connectivity index (χ1n) is 10.2. The molecule has 3 aromatic rings. The van der Waals surface area contributed by atoms with E-state index in [-0.39, 0.29) is 24.7 Å². The monoisotopic (exact) mass is 436 g/mol. The highest BCUT2D eigenvalue weighted by molar-refractivity contribution is 7.13. The fraction of sp³-hybridized carbons (Fsp3) is 0.261. The minimum atomic E-state index is -0.147. The molecule has 1 saturated heterocycles. The van der Waals surface area contributed by atoms with E-state index >= 15 is 0 Å². The zero-order chi connectivity index (χ0) is 21.5. The van der Waals surface area contributed by atoms with Crippen molar-refractivity contribution in [2.45, 2.75) is 12.8 Å². The maximum Gasteiger partial charge on any atom is 0.230 e. The van der Waals surface area contributed by atoms with E-state index in [4.69, 9.17) is 4.74 Å². The molecule has 0 bridgehead atoms. The topological polar surface area (TPSA) is 83.6 Å². The molecular weight excluding hydrogens is 412 g/mol. The molecule has 1 fully saturated rings. The van der Waals surface area contributed by atoms with Crippen LogP contribution < -0.4 is 15.5 Å². The summed E-state index contributed by atoms with van der Waals surface area (Å²) in [5.74, 6) is -0.275. The summed E-state index contributed by atoms with van der Waals surface area (Å²) in [6.45, 7) is 3.22. The van der Waals surface area contributed by atoms with Crippen molar-refractivity contribution < 1.29 is 14.3 Å². The minimum Gasteiger partial charge on any atom is -0.378 e. The lowest BCUT2D eigenvalue weighted by molar-refractivity contribution is -0.116. The van der Waals surface area contributed by atoms with Crippen molar-refractivity contribution in [3.8, 4) is 0 Å². The van der Waals surface area contributed by atoms with E-state index in [2.05, 4.69) is 20.5 Å². The van der Waals surface area contributed by atoms with Gasteiger partial charge in [-0.05, 0) is 29.8 Å². The fourth-order valence-corrected chi connectivity index (χ4v) is 4.06. The van der Waals surface area contributed by atoms with Gasteiger partial charge in [-0.3, -0.25) is 9.59 Å². The summed E-state index contributed by atoms with van der Waals surface area (Å²) in [6, 6.07) is 17.3. The van der Waals surface area contributed by atoms with Crippen LogP contribution in [0.15, 0.2) is 60.0 Å². The summed E-state index contributed by atoms with van der Waals surface area (Å²) < 4.78 is 5.38. The van der Waals surface area contributed by atoms with E-state index in [1.165, 1.54) is 11.3 Å². The molecule has 0 atom stereocenters. The van der Waals surface area contributed by atoms with Crippen LogP contribution in [0.5, 0.6) is 0 Å². The molecule has 4 rings (SSSR count). The summed E-state index contributed by atoms with van der Waals surface area (Å²) in [5, 5.41) is 7.98. The number of amides is 2. The lowest BCUT2D eigenvalue weighted by atomic mass is 10.1. The molecule has 0 unspecified atom stereocenters.